The lowest BCUT2D eigenvalue weighted by atomic mass is 10.1. The van der Waals surface area contributed by atoms with Crippen LogP contribution in [-0.2, 0) is 4.74 Å². The molecule has 1 N–H and O–H groups in total. The standard InChI is InChI=1S/C14H13F3O3/c15-14(16,17)9-19-5-6-20-13-4-2-10-1-3-12(18)7-11(10)8-13/h1-4,7-8,18H,5-6,9H2. The predicted molar refractivity (Wildman–Crippen MR) is 68.0 cm³/mol. The van der Waals surface area contributed by atoms with E-state index in [-0.39, 0.29) is 19.0 Å². The fourth-order valence-electron chi connectivity index (χ4n) is 1.71. The minimum Gasteiger partial charge on any atom is -0.508 e. The molecule has 0 saturated heterocycles. The van der Waals surface area contributed by atoms with Crippen LogP contribution >= 0.6 is 0 Å². The van der Waals surface area contributed by atoms with Crippen molar-refractivity contribution in [2.45, 2.75) is 6.18 Å². The number of fused-ring (bicyclic) bond motifs is 1. The van der Waals surface area contributed by atoms with E-state index in [0.717, 1.165) is 10.8 Å². The number of benzene rings is 2. The molecule has 0 heterocycles. The van der Waals surface area contributed by atoms with Crippen LogP contribution in [0, 0.1) is 0 Å². The van der Waals surface area contributed by atoms with E-state index in [0.29, 0.717) is 5.75 Å². The highest BCUT2D eigenvalue weighted by atomic mass is 19.4. The number of aromatic hydroxyl groups is 1. The first-order valence-electron chi connectivity index (χ1n) is 5.94. The maximum absolute atomic E-state index is 11.8. The average Bonchev–Trinajstić information content (AvgIpc) is 2.36. The van der Waals surface area contributed by atoms with Gasteiger partial charge in [0.2, 0.25) is 0 Å². The van der Waals surface area contributed by atoms with Gasteiger partial charge in [0.25, 0.3) is 0 Å². The van der Waals surface area contributed by atoms with Gasteiger partial charge < -0.3 is 14.6 Å². The molecule has 0 fully saturated rings. The Hall–Kier alpha value is -1.95. The number of ether oxygens (including phenoxy) is 2. The largest absolute Gasteiger partial charge is 0.508 e. The zero-order valence-electron chi connectivity index (χ0n) is 10.5. The van der Waals surface area contributed by atoms with Gasteiger partial charge >= 0.3 is 6.18 Å². The molecule has 0 bridgehead atoms. The molecule has 2 aromatic rings. The zero-order chi connectivity index (χ0) is 14.6. The number of hydrogen-bond donors (Lipinski definition) is 1. The number of hydrogen-bond acceptors (Lipinski definition) is 3. The second kappa shape index (κ2) is 6.00. The van der Waals surface area contributed by atoms with Gasteiger partial charge in [0.1, 0.15) is 24.7 Å². The average molecular weight is 286 g/mol. The lowest BCUT2D eigenvalue weighted by molar-refractivity contribution is -0.175. The second-order valence-electron chi connectivity index (χ2n) is 4.21. The minimum absolute atomic E-state index is 0.0282. The Labute approximate surface area is 113 Å². The van der Waals surface area contributed by atoms with Gasteiger partial charge in [0.15, 0.2) is 0 Å². The van der Waals surface area contributed by atoms with E-state index in [9.17, 15) is 18.3 Å². The molecule has 0 spiro atoms. The fraction of sp³-hybridized carbons (Fsp3) is 0.286. The number of alkyl halides is 3. The molecule has 6 heteroatoms. The van der Waals surface area contributed by atoms with Crippen molar-refractivity contribution in [2.24, 2.45) is 0 Å². The van der Waals surface area contributed by atoms with Gasteiger partial charge in [-0.2, -0.15) is 13.2 Å². The number of rotatable bonds is 5. The van der Waals surface area contributed by atoms with Crippen LogP contribution in [0.2, 0.25) is 0 Å². The molecule has 0 unspecified atom stereocenters. The minimum atomic E-state index is -4.32. The molecular formula is C14H13F3O3. The monoisotopic (exact) mass is 286 g/mol. The lowest BCUT2D eigenvalue weighted by Crippen LogP contribution is -2.19. The molecule has 20 heavy (non-hydrogen) atoms. The summed E-state index contributed by atoms with van der Waals surface area (Å²) >= 11 is 0. The lowest BCUT2D eigenvalue weighted by Gasteiger charge is -2.09. The smallest absolute Gasteiger partial charge is 0.411 e. The maximum atomic E-state index is 11.8. The van der Waals surface area contributed by atoms with Crippen LogP contribution in [0.3, 0.4) is 0 Å². The Bertz CT molecular complexity index is 581. The summed E-state index contributed by atoms with van der Waals surface area (Å²) in [6.07, 6.45) is -4.32. The molecule has 3 nitrogen and oxygen atoms in total. The van der Waals surface area contributed by atoms with Crippen molar-refractivity contribution in [2.75, 3.05) is 19.8 Å². The Balaban J connectivity index is 1.87. The Kier molecular flexibility index (Phi) is 4.34. The van der Waals surface area contributed by atoms with Gasteiger partial charge in [-0.1, -0.05) is 12.1 Å². The Morgan fingerprint density at radius 1 is 0.950 bits per heavy atom. The molecule has 0 amide bonds. The number of phenols is 1. The van der Waals surface area contributed by atoms with Crippen LogP contribution in [-0.4, -0.2) is 31.1 Å². The third-order valence-electron chi connectivity index (χ3n) is 2.56. The Morgan fingerprint density at radius 2 is 1.70 bits per heavy atom. The second-order valence-corrected chi connectivity index (χ2v) is 4.21. The highest BCUT2D eigenvalue weighted by molar-refractivity contribution is 5.85. The van der Waals surface area contributed by atoms with Gasteiger partial charge in [0.05, 0.1) is 6.61 Å². The van der Waals surface area contributed by atoms with E-state index in [2.05, 4.69) is 4.74 Å². The molecule has 2 aromatic carbocycles. The first-order chi connectivity index (χ1) is 9.44. The fourth-order valence-corrected chi connectivity index (χ4v) is 1.71. The molecular weight excluding hydrogens is 273 g/mol. The molecule has 108 valence electrons. The summed E-state index contributed by atoms with van der Waals surface area (Å²) in [6, 6.07) is 10.2. The van der Waals surface area contributed by atoms with Crippen molar-refractivity contribution < 1.29 is 27.8 Å². The molecule has 0 radical (unpaired) electrons. The highest BCUT2D eigenvalue weighted by Gasteiger charge is 2.27. The summed E-state index contributed by atoms with van der Waals surface area (Å²) < 4.78 is 45.2. The summed E-state index contributed by atoms with van der Waals surface area (Å²) in [4.78, 5) is 0. The molecule has 0 aliphatic heterocycles. The quantitative estimate of drug-likeness (QED) is 0.855. The third-order valence-corrected chi connectivity index (χ3v) is 2.56. The normalized spacial score (nSPS) is 11.8. The van der Waals surface area contributed by atoms with Crippen molar-refractivity contribution in [1.82, 2.24) is 0 Å². The van der Waals surface area contributed by atoms with Gasteiger partial charge in [-0.25, -0.2) is 0 Å². The zero-order valence-corrected chi connectivity index (χ0v) is 10.5. The van der Waals surface area contributed by atoms with Gasteiger partial charge in [0, 0.05) is 0 Å². The molecule has 2 rings (SSSR count). The van der Waals surface area contributed by atoms with E-state index in [1.807, 2.05) is 0 Å². The summed E-state index contributed by atoms with van der Waals surface area (Å²) in [5.41, 5.74) is 0. The SMILES string of the molecule is Oc1ccc2ccc(OCCOCC(F)(F)F)cc2c1. The van der Waals surface area contributed by atoms with Crippen LogP contribution < -0.4 is 4.74 Å². The molecule has 0 aliphatic rings. The topological polar surface area (TPSA) is 38.7 Å². The van der Waals surface area contributed by atoms with Crippen molar-refractivity contribution >= 4 is 10.8 Å². The van der Waals surface area contributed by atoms with Crippen molar-refractivity contribution in [3.63, 3.8) is 0 Å². The van der Waals surface area contributed by atoms with Gasteiger partial charge in [-0.15, -0.1) is 0 Å². The molecule has 0 atom stereocenters. The molecule has 0 saturated carbocycles. The van der Waals surface area contributed by atoms with Crippen LogP contribution in [0.4, 0.5) is 13.2 Å². The van der Waals surface area contributed by atoms with Crippen LogP contribution in [0.1, 0.15) is 0 Å². The van der Waals surface area contributed by atoms with Crippen molar-refractivity contribution in [3.8, 4) is 11.5 Å². The first-order valence-corrected chi connectivity index (χ1v) is 5.94. The number of halogens is 3. The molecule has 0 aliphatic carbocycles. The summed E-state index contributed by atoms with van der Waals surface area (Å²) in [5, 5.41) is 11.1. The van der Waals surface area contributed by atoms with Crippen molar-refractivity contribution in [3.05, 3.63) is 36.4 Å². The number of phenolic OH excluding ortho intramolecular Hbond substituents is 1. The maximum Gasteiger partial charge on any atom is 0.411 e. The summed E-state index contributed by atoms with van der Waals surface area (Å²) in [5.74, 6) is 0.655. The molecule has 0 aromatic heterocycles. The van der Waals surface area contributed by atoms with E-state index in [4.69, 9.17) is 4.74 Å². The Morgan fingerprint density at radius 3 is 2.45 bits per heavy atom. The van der Waals surface area contributed by atoms with E-state index in [1.165, 1.54) is 0 Å². The van der Waals surface area contributed by atoms with E-state index in [1.54, 1.807) is 36.4 Å². The van der Waals surface area contributed by atoms with Crippen LogP contribution in [0.5, 0.6) is 11.5 Å². The van der Waals surface area contributed by atoms with E-state index < -0.39 is 12.8 Å². The predicted octanol–water partition coefficient (Wildman–Crippen LogP) is 3.50. The highest BCUT2D eigenvalue weighted by Crippen LogP contribution is 2.24. The summed E-state index contributed by atoms with van der Waals surface area (Å²) in [7, 11) is 0. The van der Waals surface area contributed by atoms with Crippen molar-refractivity contribution in [1.29, 1.82) is 0 Å². The van der Waals surface area contributed by atoms with Crippen LogP contribution in [0.15, 0.2) is 36.4 Å². The van der Waals surface area contributed by atoms with Crippen LogP contribution in [0.25, 0.3) is 10.8 Å². The van der Waals surface area contributed by atoms with Gasteiger partial charge in [-0.3, -0.25) is 0 Å². The van der Waals surface area contributed by atoms with E-state index >= 15 is 0 Å². The third kappa shape index (κ3) is 4.31. The van der Waals surface area contributed by atoms with Gasteiger partial charge in [-0.05, 0) is 35.0 Å². The summed E-state index contributed by atoms with van der Waals surface area (Å²) in [6.45, 7) is -1.39. The first kappa shape index (κ1) is 14.5.